The lowest BCUT2D eigenvalue weighted by Gasteiger charge is -2.40. The van der Waals surface area contributed by atoms with Crippen LogP contribution in [0.15, 0.2) is 24.3 Å². The van der Waals surface area contributed by atoms with Crippen molar-refractivity contribution in [2.24, 2.45) is 17.6 Å². The van der Waals surface area contributed by atoms with Crippen molar-refractivity contribution in [2.45, 2.75) is 33.2 Å². The van der Waals surface area contributed by atoms with Crippen molar-refractivity contribution in [2.75, 3.05) is 19.6 Å². The second-order valence-corrected chi connectivity index (χ2v) is 6.01. The Morgan fingerprint density at radius 2 is 1.83 bits per heavy atom. The Morgan fingerprint density at radius 3 is 2.39 bits per heavy atom. The summed E-state index contributed by atoms with van der Waals surface area (Å²) in [6.45, 7) is 9.97. The summed E-state index contributed by atoms with van der Waals surface area (Å²) in [5.41, 5.74) is 8.82. The molecule has 3 unspecified atom stereocenters. The van der Waals surface area contributed by atoms with Gasteiger partial charge in [0.05, 0.1) is 0 Å². The van der Waals surface area contributed by atoms with Gasteiger partial charge in [-0.1, -0.05) is 38.1 Å². The summed E-state index contributed by atoms with van der Waals surface area (Å²) in [4.78, 5) is 2.58. The van der Waals surface area contributed by atoms with Crippen LogP contribution in [0, 0.1) is 18.8 Å². The van der Waals surface area contributed by atoms with E-state index in [1.807, 2.05) is 0 Å². The van der Waals surface area contributed by atoms with Crippen LogP contribution in [-0.2, 0) is 0 Å². The number of hydrogen-bond donors (Lipinski definition) is 1. The predicted octanol–water partition coefficient (Wildman–Crippen LogP) is 2.97. The molecule has 100 valence electrons. The molecule has 1 heterocycles. The van der Waals surface area contributed by atoms with Gasteiger partial charge in [-0.2, -0.15) is 0 Å². The molecule has 2 N–H and O–H groups in total. The van der Waals surface area contributed by atoms with Crippen molar-refractivity contribution >= 4 is 0 Å². The molecule has 2 nitrogen and oxygen atoms in total. The standard InChI is InChI=1S/C16H26N2/c1-12-8-13(2)11-18(10-12)16(9-17)15-7-5-4-6-14(15)3/h4-7,12-13,16H,8-11,17H2,1-3H3. The van der Waals surface area contributed by atoms with E-state index in [9.17, 15) is 0 Å². The number of nitrogens with two attached hydrogens (primary N) is 1. The van der Waals surface area contributed by atoms with Crippen molar-refractivity contribution in [3.05, 3.63) is 35.4 Å². The molecule has 0 amide bonds. The molecule has 1 saturated heterocycles. The van der Waals surface area contributed by atoms with Gasteiger partial charge in [0.1, 0.15) is 0 Å². The highest BCUT2D eigenvalue weighted by Crippen LogP contribution is 2.30. The van der Waals surface area contributed by atoms with Gasteiger partial charge < -0.3 is 5.73 Å². The monoisotopic (exact) mass is 246 g/mol. The highest BCUT2D eigenvalue weighted by molar-refractivity contribution is 5.29. The molecule has 1 aromatic rings. The van der Waals surface area contributed by atoms with Crippen molar-refractivity contribution in [3.8, 4) is 0 Å². The molecule has 0 radical (unpaired) electrons. The number of rotatable bonds is 3. The minimum atomic E-state index is 0.386. The van der Waals surface area contributed by atoms with Crippen LogP contribution in [0.25, 0.3) is 0 Å². The van der Waals surface area contributed by atoms with E-state index in [1.54, 1.807) is 0 Å². The molecular weight excluding hydrogens is 220 g/mol. The molecule has 18 heavy (non-hydrogen) atoms. The summed E-state index contributed by atoms with van der Waals surface area (Å²) in [5, 5.41) is 0. The number of aryl methyl sites for hydroxylation is 1. The fourth-order valence-electron chi connectivity index (χ4n) is 3.40. The van der Waals surface area contributed by atoms with Gasteiger partial charge in [-0.25, -0.2) is 0 Å². The molecule has 0 spiro atoms. The summed E-state index contributed by atoms with van der Waals surface area (Å²) >= 11 is 0. The maximum absolute atomic E-state index is 6.05. The van der Waals surface area contributed by atoms with E-state index in [0.29, 0.717) is 12.6 Å². The molecule has 2 heteroatoms. The molecule has 3 atom stereocenters. The summed E-state index contributed by atoms with van der Waals surface area (Å²) in [6.07, 6.45) is 1.35. The summed E-state index contributed by atoms with van der Waals surface area (Å²) in [7, 11) is 0. The summed E-state index contributed by atoms with van der Waals surface area (Å²) < 4.78 is 0. The van der Waals surface area contributed by atoms with E-state index >= 15 is 0 Å². The van der Waals surface area contributed by atoms with Crippen molar-refractivity contribution in [1.82, 2.24) is 4.90 Å². The lowest BCUT2D eigenvalue weighted by atomic mass is 9.89. The van der Waals surface area contributed by atoms with Crippen LogP contribution in [0.3, 0.4) is 0 Å². The fourth-order valence-corrected chi connectivity index (χ4v) is 3.40. The molecule has 1 aliphatic heterocycles. The van der Waals surface area contributed by atoms with Gasteiger partial charge in [-0.15, -0.1) is 0 Å². The third kappa shape index (κ3) is 2.93. The zero-order chi connectivity index (χ0) is 13.1. The first-order chi connectivity index (χ1) is 8.61. The molecule has 0 aromatic heterocycles. The SMILES string of the molecule is Cc1ccccc1C(CN)N1CC(C)CC(C)C1. The lowest BCUT2D eigenvalue weighted by Crippen LogP contribution is -2.43. The van der Waals surface area contributed by atoms with E-state index in [0.717, 1.165) is 11.8 Å². The van der Waals surface area contributed by atoms with Crippen LogP contribution in [-0.4, -0.2) is 24.5 Å². The van der Waals surface area contributed by atoms with Crippen LogP contribution in [0.5, 0.6) is 0 Å². The van der Waals surface area contributed by atoms with Gasteiger partial charge in [0.2, 0.25) is 0 Å². The van der Waals surface area contributed by atoms with Crippen molar-refractivity contribution < 1.29 is 0 Å². The fraction of sp³-hybridized carbons (Fsp3) is 0.625. The average Bonchev–Trinajstić information content (AvgIpc) is 2.31. The third-order valence-corrected chi connectivity index (χ3v) is 4.11. The molecule has 2 rings (SSSR count). The highest BCUT2D eigenvalue weighted by atomic mass is 15.2. The summed E-state index contributed by atoms with van der Waals surface area (Å²) in [6, 6.07) is 9.04. The molecule has 0 aliphatic carbocycles. The second kappa shape index (κ2) is 5.85. The third-order valence-electron chi connectivity index (χ3n) is 4.11. The van der Waals surface area contributed by atoms with Gasteiger partial charge >= 0.3 is 0 Å². The molecule has 1 aromatic carbocycles. The van der Waals surface area contributed by atoms with Gasteiger partial charge in [-0.3, -0.25) is 4.90 Å². The maximum atomic E-state index is 6.05. The van der Waals surface area contributed by atoms with E-state index in [2.05, 4.69) is 49.9 Å². The minimum absolute atomic E-state index is 0.386. The zero-order valence-corrected chi connectivity index (χ0v) is 11.9. The number of benzene rings is 1. The molecule has 0 saturated carbocycles. The zero-order valence-electron chi connectivity index (χ0n) is 11.9. The molecule has 0 bridgehead atoms. The van der Waals surface area contributed by atoms with Crippen LogP contribution in [0.4, 0.5) is 0 Å². The summed E-state index contributed by atoms with van der Waals surface area (Å²) in [5.74, 6) is 1.57. The smallest absolute Gasteiger partial charge is 0.0473 e. The first-order valence-corrected chi connectivity index (χ1v) is 7.11. The van der Waals surface area contributed by atoms with Gasteiger partial charge in [0.25, 0.3) is 0 Å². The number of likely N-dealkylation sites (tertiary alicyclic amines) is 1. The first-order valence-electron chi connectivity index (χ1n) is 7.11. The lowest BCUT2D eigenvalue weighted by molar-refractivity contribution is 0.0981. The molecule has 1 fully saturated rings. The topological polar surface area (TPSA) is 29.3 Å². The first kappa shape index (κ1) is 13.6. The minimum Gasteiger partial charge on any atom is -0.329 e. The molecule has 1 aliphatic rings. The Hall–Kier alpha value is -0.860. The van der Waals surface area contributed by atoms with Gasteiger partial charge in [0, 0.05) is 25.7 Å². The maximum Gasteiger partial charge on any atom is 0.0473 e. The Labute approximate surface area is 111 Å². The normalized spacial score (nSPS) is 27.1. The predicted molar refractivity (Wildman–Crippen MR) is 77.5 cm³/mol. The number of hydrogen-bond acceptors (Lipinski definition) is 2. The van der Waals surface area contributed by atoms with Gasteiger partial charge in [0.15, 0.2) is 0 Å². The van der Waals surface area contributed by atoms with Gasteiger partial charge in [-0.05, 0) is 36.3 Å². The quantitative estimate of drug-likeness (QED) is 0.888. The molecular formula is C16H26N2. The van der Waals surface area contributed by atoms with Crippen LogP contribution in [0.2, 0.25) is 0 Å². The van der Waals surface area contributed by atoms with E-state index in [4.69, 9.17) is 5.73 Å². The van der Waals surface area contributed by atoms with E-state index < -0.39 is 0 Å². The van der Waals surface area contributed by atoms with Crippen LogP contribution in [0.1, 0.15) is 37.4 Å². The van der Waals surface area contributed by atoms with E-state index in [1.165, 1.54) is 30.6 Å². The highest BCUT2D eigenvalue weighted by Gasteiger charge is 2.28. The Morgan fingerprint density at radius 1 is 1.22 bits per heavy atom. The number of piperidine rings is 1. The second-order valence-electron chi connectivity index (χ2n) is 6.01. The Kier molecular flexibility index (Phi) is 4.41. The van der Waals surface area contributed by atoms with Crippen molar-refractivity contribution in [3.63, 3.8) is 0 Å². The van der Waals surface area contributed by atoms with Crippen molar-refractivity contribution in [1.29, 1.82) is 0 Å². The van der Waals surface area contributed by atoms with Crippen LogP contribution < -0.4 is 5.73 Å². The average molecular weight is 246 g/mol. The number of nitrogens with zero attached hydrogens (tertiary/aromatic N) is 1. The Balaban J connectivity index is 2.20. The largest absolute Gasteiger partial charge is 0.329 e. The van der Waals surface area contributed by atoms with Crippen LogP contribution >= 0.6 is 0 Å². The van der Waals surface area contributed by atoms with E-state index in [-0.39, 0.29) is 0 Å². The Bertz CT molecular complexity index is 378.